The fourth-order valence-corrected chi connectivity index (χ4v) is 4.49. The first-order valence-corrected chi connectivity index (χ1v) is 8.44. The van der Waals surface area contributed by atoms with Crippen molar-refractivity contribution in [3.8, 4) is 0 Å². The van der Waals surface area contributed by atoms with Gasteiger partial charge in [0, 0.05) is 5.75 Å². The van der Waals surface area contributed by atoms with E-state index in [0.29, 0.717) is 5.04 Å². The quantitative estimate of drug-likeness (QED) is 0.290. The molecular weight excluding hydrogens is 216 g/mol. The van der Waals surface area contributed by atoms with Gasteiger partial charge in [-0.1, -0.05) is 45.4 Å². The first-order chi connectivity index (χ1) is 6.00. The van der Waals surface area contributed by atoms with Crippen molar-refractivity contribution in [1.29, 1.82) is 0 Å². The van der Waals surface area contributed by atoms with Gasteiger partial charge in [0.2, 0.25) is 0 Å². The highest BCUT2D eigenvalue weighted by Crippen LogP contribution is 2.35. The molecule has 0 spiro atoms. The lowest BCUT2D eigenvalue weighted by molar-refractivity contribution is 0.443. The summed E-state index contributed by atoms with van der Waals surface area (Å²) in [6, 6.07) is 0. The van der Waals surface area contributed by atoms with E-state index in [1.54, 1.807) is 11.1 Å². The lowest BCUT2D eigenvalue weighted by atomic mass is 9.99. The second-order valence-electron chi connectivity index (χ2n) is 4.30. The summed E-state index contributed by atoms with van der Waals surface area (Å²) in [6.07, 6.45) is 1.23. The van der Waals surface area contributed by atoms with Crippen LogP contribution in [0.4, 0.5) is 0 Å². The van der Waals surface area contributed by atoms with Crippen LogP contribution < -0.4 is 0 Å². The summed E-state index contributed by atoms with van der Waals surface area (Å²) in [5, 5.41) is 0.430. The van der Waals surface area contributed by atoms with E-state index in [-0.39, 0.29) is 0 Å². The van der Waals surface area contributed by atoms with Crippen LogP contribution in [-0.4, -0.2) is 15.5 Å². The maximum atomic E-state index is 5.68. The van der Waals surface area contributed by atoms with Gasteiger partial charge in [-0.2, -0.15) is 0 Å². The van der Waals surface area contributed by atoms with Crippen molar-refractivity contribution < 1.29 is 3.87 Å². The Balaban J connectivity index is 3.41. The summed E-state index contributed by atoms with van der Waals surface area (Å²) in [5.74, 6) is 1.93. The summed E-state index contributed by atoms with van der Waals surface area (Å²) >= 11 is 1.60. The molecule has 0 aliphatic heterocycles. The van der Waals surface area contributed by atoms with Crippen molar-refractivity contribution in [2.24, 2.45) is 5.92 Å². The summed E-state index contributed by atoms with van der Waals surface area (Å²) in [4.78, 5) is 0. The van der Waals surface area contributed by atoms with Crippen LogP contribution in [0.15, 0.2) is 0 Å². The third-order valence-corrected chi connectivity index (χ3v) is 7.12. The molecule has 0 atom stereocenters. The van der Waals surface area contributed by atoms with Crippen molar-refractivity contribution in [1.82, 2.24) is 0 Å². The summed E-state index contributed by atoms with van der Waals surface area (Å²) < 4.78 is 5.68. The van der Waals surface area contributed by atoms with Crippen LogP contribution in [0.3, 0.4) is 0 Å². The molecule has 0 aliphatic rings. The van der Waals surface area contributed by atoms with E-state index < -0.39 is 9.76 Å². The highest BCUT2D eigenvalue weighted by Gasteiger charge is 2.23. The molecule has 0 aromatic heterocycles. The van der Waals surface area contributed by atoms with Gasteiger partial charge in [0.15, 0.2) is 9.76 Å². The maximum absolute atomic E-state index is 5.68. The molecule has 0 saturated carbocycles. The first-order valence-electron chi connectivity index (χ1n) is 4.91. The zero-order valence-electron chi connectivity index (χ0n) is 9.42. The number of rotatable bonds is 7. The van der Waals surface area contributed by atoms with Crippen LogP contribution in [0, 0.1) is 5.92 Å². The van der Waals surface area contributed by atoms with E-state index >= 15 is 0 Å². The Morgan fingerprint density at radius 2 is 2.00 bits per heavy atom. The second-order valence-corrected chi connectivity index (χ2v) is 9.24. The molecular formula is C9H22OS2Si. The Hall–Kier alpha value is 0.877. The molecule has 0 saturated heterocycles. The Labute approximate surface area is 93.3 Å². The highest BCUT2D eigenvalue weighted by atomic mass is 33.1. The fraction of sp³-hybridized carbons (Fsp3) is 1.00. The van der Waals surface area contributed by atoms with Gasteiger partial charge < -0.3 is 3.87 Å². The topological polar surface area (TPSA) is 9.23 Å². The van der Waals surface area contributed by atoms with Gasteiger partial charge in [0.25, 0.3) is 0 Å². The average molecular weight is 238 g/mol. The van der Waals surface area contributed by atoms with E-state index in [1.165, 1.54) is 12.2 Å². The zero-order chi connectivity index (χ0) is 10.3. The molecule has 80 valence electrons. The molecule has 0 rings (SSSR count). The minimum absolute atomic E-state index is 0.394. The Morgan fingerprint density at radius 1 is 1.38 bits per heavy atom. The molecule has 0 heterocycles. The SMILES string of the molecule is CCCSSO[SiH2]C(C)(C)C(C)C. The molecule has 1 nitrogen and oxygen atoms in total. The highest BCUT2D eigenvalue weighted by molar-refractivity contribution is 8.75. The number of hydrogen-bond donors (Lipinski definition) is 0. The zero-order valence-corrected chi connectivity index (χ0v) is 12.5. The second kappa shape index (κ2) is 7.21. The van der Waals surface area contributed by atoms with Crippen LogP contribution in [0.1, 0.15) is 41.0 Å². The Morgan fingerprint density at radius 3 is 2.46 bits per heavy atom. The molecule has 13 heavy (non-hydrogen) atoms. The van der Waals surface area contributed by atoms with Crippen LogP contribution in [-0.2, 0) is 3.87 Å². The molecule has 0 bridgehead atoms. The third kappa shape index (κ3) is 6.88. The van der Waals surface area contributed by atoms with Crippen LogP contribution in [0.2, 0.25) is 5.04 Å². The van der Waals surface area contributed by atoms with Gasteiger partial charge in [0.05, 0.1) is 11.1 Å². The fourth-order valence-electron chi connectivity index (χ4n) is 0.494. The van der Waals surface area contributed by atoms with Gasteiger partial charge in [-0.25, -0.2) is 0 Å². The van der Waals surface area contributed by atoms with Crippen LogP contribution >= 0.6 is 21.9 Å². The summed E-state index contributed by atoms with van der Waals surface area (Å²) in [5.41, 5.74) is 0. The lowest BCUT2D eigenvalue weighted by Crippen LogP contribution is -2.20. The van der Waals surface area contributed by atoms with Gasteiger partial charge in [-0.15, -0.1) is 0 Å². The van der Waals surface area contributed by atoms with Crippen molar-refractivity contribution in [2.75, 3.05) is 5.75 Å². The van der Waals surface area contributed by atoms with E-state index in [0.717, 1.165) is 5.92 Å². The molecule has 0 N–H and O–H groups in total. The van der Waals surface area contributed by atoms with E-state index in [9.17, 15) is 0 Å². The largest absolute Gasteiger partial charge is 0.356 e. The molecule has 0 amide bonds. The summed E-state index contributed by atoms with van der Waals surface area (Å²) in [6.45, 7) is 11.4. The smallest absolute Gasteiger partial charge is 0.187 e. The van der Waals surface area contributed by atoms with Crippen molar-refractivity contribution in [2.45, 2.75) is 46.1 Å². The van der Waals surface area contributed by atoms with Crippen LogP contribution in [0.5, 0.6) is 0 Å². The van der Waals surface area contributed by atoms with Gasteiger partial charge in [-0.05, 0) is 17.4 Å². The predicted molar refractivity (Wildman–Crippen MR) is 68.8 cm³/mol. The minimum Gasteiger partial charge on any atom is -0.356 e. The van der Waals surface area contributed by atoms with E-state index in [1.807, 2.05) is 10.8 Å². The molecule has 0 unspecified atom stereocenters. The molecule has 0 aliphatic carbocycles. The van der Waals surface area contributed by atoms with Gasteiger partial charge >= 0.3 is 0 Å². The van der Waals surface area contributed by atoms with Crippen molar-refractivity contribution in [3.05, 3.63) is 0 Å². The molecule has 0 radical (unpaired) electrons. The molecule has 4 heteroatoms. The molecule has 0 aromatic carbocycles. The Kier molecular flexibility index (Phi) is 7.69. The lowest BCUT2D eigenvalue weighted by Gasteiger charge is -2.27. The first kappa shape index (κ1) is 13.9. The monoisotopic (exact) mass is 238 g/mol. The molecule has 0 fully saturated rings. The van der Waals surface area contributed by atoms with Crippen LogP contribution in [0.25, 0.3) is 0 Å². The minimum atomic E-state index is -0.394. The van der Waals surface area contributed by atoms with Crippen molar-refractivity contribution >= 4 is 31.6 Å². The summed E-state index contributed by atoms with van der Waals surface area (Å²) in [7, 11) is 1.44. The standard InChI is InChI=1S/C9H22OS2Si/c1-6-7-11-12-10-13-9(4,5)8(2)3/h8H,6-7,13H2,1-5H3. The normalized spacial score (nSPS) is 13.4. The number of hydrogen-bond acceptors (Lipinski definition) is 3. The maximum Gasteiger partial charge on any atom is 0.187 e. The van der Waals surface area contributed by atoms with Gasteiger partial charge in [-0.3, -0.25) is 0 Å². The van der Waals surface area contributed by atoms with Crippen molar-refractivity contribution in [3.63, 3.8) is 0 Å². The molecule has 0 aromatic rings. The Bertz CT molecular complexity index is 129. The van der Waals surface area contributed by atoms with E-state index in [2.05, 4.69) is 34.6 Å². The third-order valence-electron chi connectivity index (χ3n) is 2.38. The average Bonchev–Trinajstić information content (AvgIpc) is 2.03. The van der Waals surface area contributed by atoms with E-state index in [4.69, 9.17) is 3.87 Å². The van der Waals surface area contributed by atoms with Gasteiger partial charge in [0.1, 0.15) is 0 Å². The predicted octanol–water partition coefficient (Wildman–Crippen LogP) is 3.65.